The molecule has 4 rings (SSSR count). The molecule has 0 spiro atoms. The van der Waals surface area contributed by atoms with Crippen LogP contribution in [-0.2, 0) is 4.74 Å². The van der Waals surface area contributed by atoms with Gasteiger partial charge in [-0.25, -0.2) is 4.98 Å². The summed E-state index contributed by atoms with van der Waals surface area (Å²) in [5.41, 5.74) is 2.64. The predicted molar refractivity (Wildman–Crippen MR) is 136 cm³/mol. The monoisotopic (exact) mass is 489 g/mol. The second-order valence-electron chi connectivity index (χ2n) is 7.79. The molecule has 1 saturated heterocycles. The molecule has 1 aromatic heterocycles. The van der Waals surface area contributed by atoms with Gasteiger partial charge in [-0.3, -0.25) is 14.6 Å². The van der Waals surface area contributed by atoms with Crippen LogP contribution in [0.15, 0.2) is 41.3 Å². The van der Waals surface area contributed by atoms with E-state index in [1.165, 1.54) is 11.3 Å². The van der Waals surface area contributed by atoms with Crippen LogP contribution < -0.4 is 4.90 Å². The minimum atomic E-state index is -0.00617. The van der Waals surface area contributed by atoms with Crippen LogP contribution in [0, 0.1) is 6.92 Å². The number of aryl methyl sites for hydroxylation is 1. The van der Waals surface area contributed by atoms with Crippen LogP contribution in [-0.4, -0.2) is 60.9 Å². The van der Waals surface area contributed by atoms with Gasteiger partial charge in [0.15, 0.2) is 5.13 Å². The zero-order chi connectivity index (χ0) is 22.5. The van der Waals surface area contributed by atoms with Gasteiger partial charge in [0.25, 0.3) is 5.91 Å². The van der Waals surface area contributed by atoms with Crippen LogP contribution in [0.1, 0.15) is 29.3 Å². The summed E-state index contributed by atoms with van der Waals surface area (Å²) in [5.74, 6) is 0.965. The maximum atomic E-state index is 13.6. The molecule has 3 aromatic rings. The topological polar surface area (TPSA) is 45.7 Å². The van der Waals surface area contributed by atoms with E-state index in [4.69, 9.17) is 21.3 Å². The largest absolute Gasteiger partial charge is 0.379 e. The lowest BCUT2D eigenvalue weighted by atomic mass is 10.2. The molecule has 1 fully saturated rings. The number of carbonyl (C=O) groups excluding carboxylic acids is 1. The van der Waals surface area contributed by atoms with Gasteiger partial charge in [0, 0.05) is 41.7 Å². The number of hydrogen-bond acceptors (Lipinski definition) is 6. The van der Waals surface area contributed by atoms with Crippen molar-refractivity contribution in [1.82, 2.24) is 9.88 Å². The molecule has 170 valence electrons. The molecular weight excluding hydrogens is 462 g/mol. The second-order valence-corrected chi connectivity index (χ2v) is 10.6. The fraction of sp³-hybridized carbons (Fsp3) is 0.417. The van der Waals surface area contributed by atoms with Gasteiger partial charge in [0.2, 0.25) is 0 Å². The van der Waals surface area contributed by atoms with E-state index in [0.717, 1.165) is 70.8 Å². The fourth-order valence-electron chi connectivity index (χ4n) is 3.86. The third kappa shape index (κ3) is 5.64. The van der Waals surface area contributed by atoms with Gasteiger partial charge in [-0.1, -0.05) is 35.9 Å². The highest BCUT2D eigenvalue weighted by atomic mass is 35.5. The molecule has 0 unspecified atom stereocenters. The Kier molecular flexibility index (Phi) is 8.07. The molecule has 5 nitrogen and oxygen atoms in total. The highest BCUT2D eigenvalue weighted by Crippen LogP contribution is 2.34. The van der Waals surface area contributed by atoms with Crippen LogP contribution in [0.5, 0.6) is 0 Å². The Labute approximate surface area is 202 Å². The number of rotatable bonds is 8. The summed E-state index contributed by atoms with van der Waals surface area (Å²) in [6.07, 6.45) is 0.880. The fourth-order valence-corrected chi connectivity index (χ4v) is 6.02. The molecule has 0 aliphatic carbocycles. The number of thioether (sulfide) groups is 1. The molecule has 0 atom stereocenters. The van der Waals surface area contributed by atoms with Crippen LogP contribution in [0.4, 0.5) is 5.13 Å². The van der Waals surface area contributed by atoms with Gasteiger partial charge in [-0.15, -0.1) is 11.8 Å². The normalized spacial score (nSPS) is 14.7. The molecule has 8 heteroatoms. The van der Waals surface area contributed by atoms with E-state index in [9.17, 15) is 4.79 Å². The molecule has 2 aromatic carbocycles. The number of thiazole rings is 1. The number of nitrogens with zero attached hydrogens (tertiary/aromatic N) is 3. The molecule has 1 aliphatic rings. The van der Waals surface area contributed by atoms with Gasteiger partial charge in [-0.05, 0) is 55.0 Å². The maximum absolute atomic E-state index is 13.6. The molecule has 2 heterocycles. The summed E-state index contributed by atoms with van der Waals surface area (Å²) >= 11 is 9.54. The number of anilines is 1. The SMILES string of the molecule is CCSc1cccc(C(=O)N(CCCN2CCOCC2)c2nc3c(C)cc(Cl)cc3s2)c1. The second kappa shape index (κ2) is 11.0. The highest BCUT2D eigenvalue weighted by molar-refractivity contribution is 7.99. The van der Waals surface area contributed by atoms with Gasteiger partial charge in [-0.2, -0.15) is 0 Å². The number of aromatic nitrogens is 1. The number of amides is 1. The Balaban J connectivity index is 1.60. The third-order valence-electron chi connectivity index (χ3n) is 5.47. The van der Waals surface area contributed by atoms with Crippen LogP contribution in [0.3, 0.4) is 0 Å². The molecule has 0 N–H and O–H groups in total. The average molecular weight is 490 g/mol. The van der Waals surface area contributed by atoms with E-state index in [2.05, 4.69) is 17.9 Å². The van der Waals surface area contributed by atoms with Gasteiger partial charge >= 0.3 is 0 Å². The molecular formula is C24H28ClN3O2S2. The summed E-state index contributed by atoms with van der Waals surface area (Å²) in [6, 6.07) is 11.7. The van der Waals surface area contributed by atoms with E-state index < -0.39 is 0 Å². The number of halogens is 1. The first-order valence-electron chi connectivity index (χ1n) is 11.0. The molecule has 0 saturated carbocycles. The lowest BCUT2D eigenvalue weighted by molar-refractivity contribution is 0.0376. The number of carbonyl (C=O) groups is 1. The number of fused-ring (bicyclic) bond motifs is 1. The van der Waals surface area contributed by atoms with Crippen molar-refractivity contribution >= 4 is 56.0 Å². The summed E-state index contributed by atoms with van der Waals surface area (Å²) < 4.78 is 6.46. The van der Waals surface area contributed by atoms with E-state index in [1.54, 1.807) is 11.8 Å². The lowest BCUT2D eigenvalue weighted by Gasteiger charge is -2.27. The van der Waals surface area contributed by atoms with E-state index in [0.29, 0.717) is 17.1 Å². The van der Waals surface area contributed by atoms with Crippen molar-refractivity contribution in [1.29, 1.82) is 0 Å². The summed E-state index contributed by atoms with van der Waals surface area (Å²) in [7, 11) is 0. The zero-order valence-corrected chi connectivity index (χ0v) is 20.9. The van der Waals surface area contributed by atoms with E-state index in [1.807, 2.05) is 42.2 Å². The van der Waals surface area contributed by atoms with Crippen molar-refractivity contribution in [3.63, 3.8) is 0 Å². The van der Waals surface area contributed by atoms with Crippen molar-refractivity contribution in [2.75, 3.05) is 50.0 Å². The Hall–Kier alpha value is -1.64. The summed E-state index contributed by atoms with van der Waals surface area (Å²) in [4.78, 5) is 23.8. The number of benzene rings is 2. The van der Waals surface area contributed by atoms with E-state index >= 15 is 0 Å². The number of morpholine rings is 1. The Morgan fingerprint density at radius 3 is 2.88 bits per heavy atom. The van der Waals surface area contributed by atoms with Crippen molar-refractivity contribution in [3.05, 3.63) is 52.5 Å². The standard InChI is InChI=1S/C24H28ClN3O2S2/c1-3-31-20-7-4-6-18(15-20)23(29)28(9-5-8-27-10-12-30-13-11-27)24-26-22-17(2)14-19(25)16-21(22)32-24/h4,6-7,14-16H,3,5,8-13H2,1-2H3. The van der Waals surface area contributed by atoms with Crippen molar-refractivity contribution in [2.45, 2.75) is 25.2 Å². The summed E-state index contributed by atoms with van der Waals surface area (Å²) in [5, 5.41) is 1.42. The maximum Gasteiger partial charge on any atom is 0.260 e. The first-order chi connectivity index (χ1) is 15.5. The quantitative estimate of drug-likeness (QED) is 0.377. The van der Waals surface area contributed by atoms with Gasteiger partial charge in [0.05, 0.1) is 23.4 Å². The molecule has 1 amide bonds. The summed E-state index contributed by atoms with van der Waals surface area (Å²) in [6.45, 7) is 9.14. The molecule has 32 heavy (non-hydrogen) atoms. The number of hydrogen-bond donors (Lipinski definition) is 0. The van der Waals surface area contributed by atoms with Gasteiger partial charge in [0.1, 0.15) is 0 Å². The molecule has 1 aliphatic heterocycles. The predicted octanol–water partition coefficient (Wildman–Crippen LogP) is 5.74. The van der Waals surface area contributed by atoms with E-state index in [-0.39, 0.29) is 5.91 Å². The zero-order valence-electron chi connectivity index (χ0n) is 18.5. The minimum Gasteiger partial charge on any atom is -0.379 e. The third-order valence-corrected chi connectivity index (χ3v) is 7.59. The minimum absolute atomic E-state index is 0.00617. The van der Waals surface area contributed by atoms with Crippen molar-refractivity contribution in [3.8, 4) is 0 Å². The smallest absolute Gasteiger partial charge is 0.260 e. The molecule has 0 radical (unpaired) electrons. The van der Waals surface area contributed by atoms with Crippen molar-refractivity contribution < 1.29 is 9.53 Å². The Morgan fingerprint density at radius 1 is 1.28 bits per heavy atom. The Bertz CT molecular complexity index is 1080. The first kappa shape index (κ1) is 23.5. The van der Waals surface area contributed by atoms with Crippen molar-refractivity contribution in [2.24, 2.45) is 0 Å². The lowest BCUT2D eigenvalue weighted by Crippen LogP contribution is -2.39. The first-order valence-corrected chi connectivity index (χ1v) is 13.1. The van der Waals surface area contributed by atoms with Gasteiger partial charge < -0.3 is 4.74 Å². The number of ether oxygens (including phenoxy) is 1. The Morgan fingerprint density at radius 2 is 2.09 bits per heavy atom. The average Bonchev–Trinajstić information content (AvgIpc) is 3.21. The van der Waals surface area contributed by atoms with Crippen LogP contribution >= 0.6 is 34.7 Å². The molecule has 0 bridgehead atoms. The van der Waals surface area contributed by atoms with Crippen LogP contribution in [0.25, 0.3) is 10.2 Å². The highest BCUT2D eigenvalue weighted by Gasteiger charge is 2.23. The van der Waals surface area contributed by atoms with Crippen LogP contribution in [0.2, 0.25) is 5.02 Å².